The summed E-state index contributed by atoms with van der Waals surface area (Å²) in [6.07, 6.45) is 2.13. The van der Waals surface area contributed by atoms with Crippen molar-refractivity contribution < 1.29 is 8.42 Å². The third kappa shape index (κ3) is 3.44. The van der Waals surface area contributed by atoms with Gasteiger partial charge in [-0.05, 0) is 37.1 Å². The molecule has 0 fully saturated rings. The van der Waals surface area contributed by atoms with Gasteiger partial charge >= 0.3 is 0 Å². The van der Waals surface area contributed by atoms with E-state index in [2.05, 4.69) is 12.2 Å². The van der Waals surface area contributed by atoms with Gasteiger partial charge in [0, 0.05) is 12.8 Å². The molecule has 0 spiro atoms. The van der Waals surface area contributed by atoms with Gasteiger partial charge in [0.05, 0.1) is 10.6 Å². The predicted molar refractivity (Wildman–Crippen MR) is 70.9 cm³/mol. The first-order valence-electron chi connectivity index (χ1n) is 5.64. The summed E-state index contributed by atoms with van der Waals surface area (Å²) in [6.45, 7) is 2.90. The van der Waals surface area contributed by atoms with Gasteiger partial charge in [0.2, 0.25) is 0 Å². The van der Waals surface area contributed by atoms with Crippen molar-refractivity contribution in [3.05, 3.63) is 23.8 Å². The van der Waals surface area contributed by atoms with Gasteiger partial charge in [-0.3, -0.25) is 0 Å². The zero-order valence-electron chi connectivity index (χ0n) is 10.5. The first kappa shape index (κ1) is 14.0. The van der Waals surface area contributed by atoms with Crippen molar-refractivity contribution in [2.24, 2.45) is 0 Å². The number of nitrogens with one attached hydrogen (secondary N) is 1. The van der Waals surface area contributed by atoms with Crippen molar-refractivity contribution in [2.45, 2.75) is 24.2 Å². The van der Waals surface area contributed by atoms with E-state index < -0.39 is 9.84 Å². The second kappa shape index (κ2) is 5.51. The van der Waals surface area contributed by atoms with Crippen LogP contribution in [0.3, 0.4) is 0 Å². The summed E-state index contributed by atoms with van der Waals surface area (Å²) in [7, 11) is -1.37. The summed E-state index contributed by atoms with van der Waals surface area (Å²) in [6, 6.07) is 5.26. The molecular formula is C12H20N2O2S. The van der Waals surface area contributed by atoms with E-state index in [1.807, 2.05) is 13.1 Å². The molecule has 0 aliphatic carbocycles. The summed E-state index contributed by atoms with van der Waals surface area (Å²) in [4.78, 5) is 0.226. The molecule has 1 rings (SSSR count). The standard InChI is InChI=1S/C12H20N2O2S/c1-4-9(8-14-2)10-5-6-11(13)12(7-10)17(3,15)16/h5-7,9,14H,4,8,13H2,1-3H3. The van der Waals surface area contributed by atoms with Gasteiger partial charge in [-0.2, -0.15) is 0 Å². The average Bonchev–Trinajstić information content (AvgIpc) is 2.25. The fraction of sp³-hybridized carbons (Fsp3) is 0.500. The predicted octanol–water partition coefficient (Wildman–Crippen LogP) is 1.39. The van der Waals surface area contributed by atoms with Crippen molar-refractivity contribution in [1.82, 2.24) is 5.32 Å². The fourth-order valence-electron chi connectivity index (χ4n) is 1.87. The molecule has 17 heavy (non-hydrogen) atoms. The lowest BCUT2D eigenvalue weighted by atomic mass is 9.96. The number of hydrogen-bond acceptors (Lipinski definition) is 4. The van der Waals surface area contributed by atoms with Crippen LogP contribution in [-0.2, 0) is 9.84 Å². The quantitative estimate of drug-likeness (QED) is 0.781. The Bertz CT molecular complexity index is 483. The van der Waals surface area contributed by atoms with Gasteiger partial charge < -0.3 is 11.1 Å². The van der Waals surface area contributed by atoms with Crippen molar-refractivity contribution >= 4 is 15.5 Å². The SMILES string of the molecule is CCC(CNC)c1ccc(N)c(S(C)(=O)=O)c1. The van der Waals surface area contributed by atoms with E-state index in [4.69, 9.17) is 5.73 Å². The molecule has 96 valence electrons. The first-order valence-corrected chi connectivity index (χ1v) is 7.53. The Morgan fingerprint density at radius 3 is 2.53 bits per heavy atom. The third-order valence-corrected chi connectivity index (χ3v) is 4.00. The molecule has 0 radical (unpaired) electrons. The highest BCUT2D eigenvalue weighted by molar-refractivity contribution is 7.90. The molecule has 1 unspecified atom stereocenters. The van der Waals surface area contributed by atoms with Crippen LogP contribution in [0.4, 0.5) is 5.69 Å². The third-order valence-electron chi connectivity index (χ3n) is 2.85. The molecule has 0 aliphatic rings. The molecule has 0 bridgehead atoms. The largest absolute Gasteiger partial charge is 0.398 e. The summed E-state index contributed by atoms with van der Waals surface area (Å²) in [5.41, 5.74) is 7.02. The number of anilines is 1. The maximum absolute atomic E-state index is 11.6. The molecule has 1 aromatic carbocycles. The smallest absolute Gasteiger partial charge is 0.177 e. The monoisotopic (exact) mass is 256 g/mol. The number of hydrogen-bond donors (Lipinski definition) is 2. The zero-order valence-corrected chi connectivity index (χ0v) is 11.3. The maximum Gasteiger partial charge on any atom is 0.177 e. The topological polar surface area (TPSA) is 72.2 Å². The van der Waals surface area contributed by atoms with Gasteiger partial charge in [-0.15, -0.1) is 0 Å². The highest BCUT2D eigenvalue weighted by Gasteiger charge is 2.15. The molecule has 1 aromatic rings. The highest BCUT2D eigenvalue weighted by Crippen LogP contribution is 2.25. The summed E-state index contributed by atoms with van der Waals surface area (Å²) >= 11 is 0. The molecule has 5 heteroatoms. The number of rotatable bonds is 5. The van der Waals surface area contributed by atoms with Crippen molar-refractivity contribution in [1.29, 1.82) is 0 Å². The maximum atomic E-state index is 11.6. The lowest BCUT2D eigenvalue weighted by molar-refractivity contribution is 0.598. The minimum Gasteiger partial charge on any atom is -0.398 e. The summed E-state index contributed by atoms with van der Waals surface area (Å²) in [5.74, 6) is 0.307. The lowest BCUT2D eigenvalue weighted by Crippen LogP contribution is -2.17. The Morgan fingerprint density at radius 1 is 1.41 bits per heavy atom. The second-order valence-electron chi connectivity index (χ2n) is 4.23. The number of benzene rings is 1. The van der Waals surface area contributed by atoms with Crippen molar-refractivity contribution in [3.8, 4) is 0 Å². The Kier molecular flexibility index (Phi) is 4.54. The van der Waals surface area contributed by atoms with E-state index >= 15 is 0 Å². The van der Waals surface area contributed by atoms with E-state index in [1.165, 1.54) is 6.26 Å². The van der Waals surface area contributed by atoms with Gasteiger partial charge in [-0.25, -0.2) is 8.42 Å². The molecule has 1 atom stereocenters. The molecule has 0 saturated heterocycles. The molecule has 0 heterocycles. The molecule has 0 aromatic heterocycles. The highest BCUT2D eigenvalue weighted by atomic mass is 32.2. The van der Waals surface area contributed by atoms with Crippen LogP contribution in [0.1, 0.15) is 24.8 Å². The van der Waals surface area contributed by atoms with Crippen molar-refractivity contribution in [2.75, 3.05) is 25.6 Å². The Labute approximate surface area is 103 Å². The molecular weight excluding hydrogens is 236 g/mol. The number of likely N-dealkylation sites (N-methyl/N-ethyl adjacent to an activating group) is 1. The van der Waals surface area contributed by atoms with Crippen molar-refractivity contribution in [3.63, 3.8) is 0 Å². The fourth-order valence-corrected chi connectivity index (χ4v) is 2.72. The van der Waals surface area contributed by atoms with Gasteiger partial charge in [-0.1, -0.05) is 13.0 Å². The van der Waals surface area contributed by atoms with E-state index in [0.29, 0.717) is 11.6 Å². The summed E-state index contributed by atoms with van der Waals surface area (Å²) < 4.78 is 23.2. The van der Waals surface area contributed by atoms with Crippen LogP contribution in [-0.4, -0.2) is 28.3 Å². The van der Waals surface area contributed by atoms with Crippen LogP contribution in [0.5, 0.6) is 0 Å². The van der Waals surface area contributed by atoms with Crippen LogP contribution >= 0.6 is 0 Å². The Hall–Kier alpha value is -1.07. The molecule has 0 saturated carbocycles. The van der Waals surface area contributed by atoms with Gasteiger partial charge in [0.15, 0.2) is 9.84 Å². The lowest BCUT2D eigenvalue weighted by Gasteiger charge is -2.16. The van der Waals surface area contributed by atoms with Crippen LogP contribution in [0, 0.1) is 0 Å². The minimum atomic E-state index is -3.26. The number of sulfone groups is 1. The molecule has 3 N–H and O–H groups in total. The van der Waals surface area contributed by atoms with Gasteiger partial charge in [0.1, 0.15) is 0 Å². The average molecular weight is 256 g/mol. The van der Waals surface area contributed by atoms with E-state index in [0.717, 1.165) is 18.5 Å². The van der Waals surface area contributed by atoms with Crippen LogP contribution in [0.2, 0.25) is 0 Å². The molecule has 0 amide bonds. The van der Waals surface area contributed by atoms with E-state index in [9.17, 15) is 8.42 Å². The number of nitrogens with two attached hydrogens (primary N) is 1. The van der Waals surface area contributed by atoms with Gasteiger partial charge in [0.25, 0.3) is 0 Å². The zero-order chi connectivity index (χ0) is 13.1. The summed E-state index contributed by atoms with van der Waals surface area (Å²) in [5, 5.41) is 3.11. The Balaban J connectivity index is 3.20. The van der Waals surface area contributed by atoms with Crippen LogP contribution < -0.4 is 11.1 Å². The van der Waals surface area contributed by atoms with E-state index in [-0.39, 0.29) is 4.90 Å². The van der Waals surface area contributed by atoms with Crippen LogP contribution in [0.15, 0.2) is 23.1 Å². The van der Waals surface area contributed by atoms with Crippen LogP contribution in [0.25, 0.3) is 0 Å². The first-order chi connectivity index (χ1) is 7.90. The molecule has 4 nitrogen and oxygen atoms in total. The number of nitrogen functional groups attached to an aromatic ring is 1. The second-order valence-corrected chi connectivity index (χ2v) is 6.22. The molecule has 0 aliphatic heterocycles. The minimum absolute atomic E-state index is 0.226. The normalized spacial score (nSPS) is 13.6. The van der Waals surface area contributed by atoms with E-state index in [1.54, 1.807) is 12.1 Å². The Morgan fingerprint density at radius 2 is 2.06 bits per heavy atom.